The minimum absolute atomic E-state index is 0.147. The van der Waals surface area contributed by atoms with Crippen LogP contribution in [0.4, 0.5) is 0 Å². The second-order valence-electron chi connectivity index (χ2n) is 5.44. The van der Waals surface area contributed by atoms with Gasteiger partial charge in [0.05, 0.1) is 17.5 Å². The quantitative estimate of drug-likeness (QED) is 0.602. The zero-order chi connectivity index (χ0) is 16.9. The van der Waals surface area contributed by atoms with Crippen LogP contribution >= 0.6 is 15.9 Å². The second-order valence-corrected chi connectivity index (χ2v) is 6.30. The van der Waals surface area contributed by atoms with Gasteiger partial charge in [-0.25, -0.2) is 5.43 Å². The average Bonchev–Trinajstić information content (AvgIpc) is 3.10. The minimum Gasteiger partial charge on any atom is -0.273 e. The molecule has 1 aliphatic heterocycles. The fraction of sp³-hybridized carbons (Fsp3) is 0.176. The van der Waals surface area contributed by atoms with E-state index in [1.165, 1.54) is 0 Å². The van der Waals surface area contributed by atoms with Gasteiger partial charge in [-0.3, -0.25) is 25.9 Å². The Labute approximate surface area is 148 Å². The molecule has 24 heavy (non-hydrogen) atoms. The molecular weight excluding hydrogens is 372 g/mol. The minimum atomic E-state index is -0.369. The summed E-state index contributed by atoms with van der Waals surface area (Å²) in [6.45, 7) is 0.482. The Kier molecular flexibility index (Phi) is 5.24. The third kappa shape index (κ3) is 3.64. The summed E-state index contributed by atoms with van der Waals surface area (Å²) in [5.74, 6) is -0.945. The van der Waals surface area contributed by atoms with Crippen LogP contribution in [-0.2, 0) is 4.79 Å². The number of carbonyl (C=O) groups is 2. The molecule has 0 aliphatic carbocycles. The normalized spacial score (nSPS) is 19.7. The molecular formula is C17H17BrN4O2. The van der Waals surface area contributed by atoms with Gasteiger partial charge in [-0.05, 0) is 33.6 Å². The topological polar surface area (TPSA) is 82.3 Å². The molecule has 1 heterocycles. The second kappa shape index (κ2) is 7.57. The highest BCUT2D eigenvalue weighted by atomic mass is 79.9. The van der Waals surface area contributed by atoms with E-state index in [1.54, 1.807) is 18.2 Å². The monoisotopic (exact) mass is 388 g/mol. The fourth-order valence-electron chi connectivity index (χ4n) is 2.64. The van der Waals surface area contributed by atoms with E-state index in [2.05, 4.69) is 37.6 Å². The highest BCUT2D eigenvalue weighted by molar-refractivity contribution is 9.10. The highest BCUT2D eigenvalue weighted by Gasteiger charge is 2.34. The Bertz CT molecular complexity index is 738. The van der Waals surface area contributed by atoms with Crippen molar-refractivity contribution in [3.8, 4) is 0 Å². The van der Waals surface area contributed by atoms with Gasteiger partial charge in [-0.1, -0.05) is 42.5 Å². The van der Waals surface area contributed by atoms with Crippen molar-refractivity contribution >= 4 is 27.7 Å². The van der Waals surface area contributed by atoms with Crippen LogP contribution in [0.15, 0.2) is 59.1 Å². The summed E-state index contributed by atoms with van der Waals surface area (Å²) in [4.78, 5) is 24.6. The molecule has 0 spiro atoms. The van der Waals surface area contributed by atoms with Crippen molar-refractivity contribution in [2.75, 3.05) is 6.54 Å². The molecule has 3 rings (SSSR count). The molecule has 0 radical (unpaired) electrons. The largest absolute Gasteiger partial charge is 0.273 e. The third-order valence-corrected chi connectivity index (χ3v) is 4.59. The molecule has 6 nitrogen and oxygen atoms in total. The maximum Gasteiger partial charge on any atom is 0.270 e. The molecule has 0 bridgehead atoms. The molecule has 2 aromatic rings. The molecule has 2 atom stereocenters. The first-order chi connectivity index (χ1) is 11.7. The molecule has 1 saturated heterocycles. The van der Waals surface area contributed by atoms with E-state index in [0.29, 0.717) is 16.6 Å². The van der Waals surface area contributed by atoms with Gasteiger partial charge in [0, 0.05) is 11.0 Å². The number of nitrogens with one attached hydrogen (secondary N) is 4. The highest BCUT2D eigenvalue weighted by Crippen LogP contribution is 2.24. The van der Waals surface area contributed by atoms with Crippen molar-refractivity contribution in [2.24, 2.45) is 5.92 Å². The van der Waals surface area contributed by atoms with Gasteiger partial charge in [0.2, 0.25) is 5.91 Å². The summed E-state index contributed by atoms with van der Waals surface area (Å²) in [7, 11) is 0. The van der Waals surface area contributed by atoms with E-state index in [1.807, 2.05) is 36.4 Å². The number of carbonyl (C=O) groups excluding carboxylic acids is 2. The van der Waals surface area contributed by atoms with Crippen LogP contribution in [0.2, 0.25) is 0 Å². The molecule has 0 saturated carbocycles. The van der Waals surface area contributed by atoms with Gasteiger partial charge < -0.3 is 0 Å². The molecule has 1 fully saturated rings. The number of hydrogen-bond acceptors (Lipinski definition) is 4. The van der Waals surface area contributed by atoms with Gasteiger partial charge in [0.1, 0.15) is 0 Å². The Morgan fingerprint density at radius 3 is 2.46 bits per heavy atom. The first kappa shape index (κ1) is 16.6. The number of halogens is 1. The lowest BCUT2D eigenvalue weighted by molar-refractivity contribution is -0.125. The summed E-state index contributed by atoms with van der Waals surface area (Å²) in [5.41, 5.74) is 12.5. The first-order valence-electron chi connectivity index (χ1n) is 7.55. The Morgan fingerprint density at radius 1 is 1.00 bits per heavy atom. The van der Waals surface area contributed by atoms with Crippen molar-refractivity contribution in [3.63, 3.8) is 0 Å². The maximum absolute atomic E-state index is 12.4. The molecule has 4 N–H and O–H groups in total. The van der Waals surface area contributed by atoms with Crippen LogP contribution in [0, 0.1) is 5.92 Å². The van der Waals surface area contributed by atoms with E-state index in [-0.39, 0.29) is 23.8 Å². The van der Waals surface area contributed by atoms with Crippen LogP contribution in [0.3, 0.4) is 0 Å². The Morgan fingerprint density at radius 2 is 1.71 bits per heavy atom. The maximum atomic E-state index is 12.4. The van der Waals surface area contributed by atoms with E-state index >= 15 is 0 Å². The van der Waals surface area contributed by atoms with Crippen LogP contribution < -0.4 is 21.7 Å². The van der Waals surface area contributed by atoms with Gasteiger partial charge in [0.25, 0.3) is 5.91 Å². The van der Waals surface area contributed by atoms with E-state index in [0.717, 1.165) is 5.56 Å². The van der Waals surface area contributed by atoms with Crippen LogP contribution in [0.25, 0.3) is 0 Å². The first-order valence-corrected chi connectivity index (χ1v) is 8.34. The predicted octanol–water partition coefficient (Wildman–Crippen LogP) is 1.68. The number of rotatable bonds is 3. The van der Waals surface area contributed by atoms with Gasteiger partial charge in [-0.2, -0.15) is 0 Å². The molecule has 2 unspecified atom stereocenters. The van der Waals surface area contributed by atoms with Crippen LogP contribution in [0.1, 0.15) is 22.0 Å². The van der Waals surface area contributed by atoms with Crippen molar-refractivity contribution in [1.82, 2.24) is 21.7 Å². The Balaban J connectivity index is 1.62. The SMILES string of the molecule is O=C(NNC(=O)C1CNNC1c1ccccc1)c1ccccc1Br. The lowest BCUT2D eigenvalue weighted by Gasteiger charge is -2.18. The number of hydrogen-bond donors (Lipinski definition) is 4. The molecule has 1 aliphatic rings. The average molecular weight is 389 g/mol. The van der Waals surface area contributed by atoms with Crippen molar-refractivity contribution in [1.29, 1.82) is 0 Å². The van der Waals surface area contributed by atoms with E-state index in [9.17, 15) is 9.59 Å². The van der Waals surface area contributed by atoms with Crippen LogP contribution in [0.5, 0.6) is 0 Å². The van der Waals surface area contributed by atoms with E-state index in [4.69, 9.17) is 0 Å². The van der Waals surface area contributed by atoms with E-state index < -0.39 is 0 Å². The summed E-state index contributed by atoms with van der Waals surface area (Å²) < 4.78 is 0.670. The molecule has 2 aromatic carbocycles. The zero-order valence-electron chi connectivity index (χ0n) is 12.8. The molecule has 124 valence electrons. The number of benzene rings is 2. The smallest absolute Gasteiger partial charge is 0.270 e. The predicted molar refractivity (Wildman–Crippen MR) is 93.6 cm³/mol. The Hall–Kier alpha value is -2.22. The third-order valence-electron chi connectivity index (χ3n) is 3.90. The summed E-state index contributed by atoms with van der Waals surface area (Å²) in [6, 6.07) is 16.6. The van der Waals surface area contributed by atoms with Crippen molar-refractivity contribution in [3.05, 3.63) is 70.2 Å². The summed E-state index contributed by atoms with van der Waals surface area (Å²) >= 11 is 3.32. The molecule has 0 aromatic heterocycles. The molecule has 2 amide bonds. The summed E-state index contributed by atoms with van der Waals surface area (Å²) in [5, 5.41) is 0. The summed E-state index contributed by atoms with van der Waals surface area (Å²) in [6.07, 6.45) is 0. The van der Waals surface area contributed by atoms with Crippen molar-refractivity contribution < 1.29 is 9.59 Å². The number of hydrazine groups is 2. The zero-order valence-corrected chi connectivity index (χ0v) is 14.3. The lowest BCUT2D eigenvalue weighted by atomic mass is 9.94. The van der Waals surface area contributed by atoms with Gasteiger partial charge in [0.15, 0.2) is 0 Å². The lowest BCUT2D eigenvalue weighted by Crippen LogP contribution is -2.46. The van der Waals surface area contributed by atoms with Gasteiger partial charge >= 0.3 is 0 Å². The number of amides is 2. The van der Waals surface area contributed by atoms with Crippen LogP contribution in [-0.4, -0.2) is 18.4 Å². The van der Waals surface area contributed by atoms with Crippen molar-refractivity contribution in [2.45, 2.75) is 6.04 Å². The molecule has 7 heteroatoms. The standard InChI is InChI=1S/C17H17BrN4O2/c18-14-9-5-4-8-12(14)16(23)21-22-17(24)13-10-19-20-15(13)11-6-2-1-3-7-11/h1-9,13,15,19-20H,10H2,(H,21,23)(H,22,24). The fourth-order valence-corrected chi connectivity index (χ4v) is 3.11. The van der Waals surface area contributed by atoms with Gasteiger partial charge in [-0.15, -0.1) is 0 Å².